The maximum absolute atomic E-state index is 12.3. The van der Waals surface area contributed by atoms with Crippen molar-refractivity contribution in [3.8, 4) is 0 Å². The van der Waals surface area contributed by atoms with E-state index in [4.69, 9.17) is 0 Å². The predicted molar refractivity (Wildman–Crippen MR) is 88.2 cm³/mol. The summed E-state index contributed by atoms with van der Waals surface area (Å²) in [5.41, 5.74) is 5.90. The van der Waals surface area contributed by atoms with E-state index >= 15 is 0 Å². The average Bonchev–Trinajstić information content (AvgIpc) is 2.84. The Kier molecular flexibility index (Phi) is 3.67. The summed E-state index contributed by atoms with van der Waals surface area (Å²) in [5, 5.41) is 3.01. The second-order valence-electron chi connectivity index (χ2n) is 5.70. The summed E-state index contributed by atoms with van der Waals surface area (Å²) in [7, 11) is 0. The topological polar surface area (TPSA) is 46.4 Å². The van der Waals surface area contributed by atoms with Gasteiger partial charge < -0.3 is 9.72 Å². The number of amides is 1. The SMILES string of the molecule is Cc1cc(C)c(NC(=O)Cc2cn3ccccc3n2)c(C)c1. The zero-order valence-corrected chi connectivity index (χ0v) is 13.1. The van der Waals surface area contributed by atoms with Gasteiger partial charge in [0.2, 0.25) is 5.91 Å². The third-order valence-corrected chi connectivity index (χ3v) is 3.70. The fourth-order valence-electron chi connectivity index (χ4n) is 2.80. The fourth-order valence-corrected chi connectivity index (χ4v) is 2.80. The highest BCUT2D eigenvalue weighted by Gasteiger charge is 2.11. The van der Waals surface area contributed by atoms with Crippen LogP contribution < -0.4 is 5.32 Å². The molecule has 0 aliphatic rings. The van der Waals surface area contributed by atoms with Gasteiger partial charge in [-0.1, -0.05) is 23.8 Å². The van der Waals surface area contributed by atoms with Crippen molar-refractivity contribution >= 4 is 17.2 Å². The van der Waals surface area contributed by atoms with Crippen LogP contribution in [0.25, 0.3) is 5.65 Å². The summed E-state index contributed by atoms with van der Waals surface area (Å²) >= 11 is 0. The van der Waals surface area contributed by atoms with E-state index in [1.165, 1.54) is 5.56 Å². The Hall–Kier alpha value is -2.62. The first-order chi connectivity index (χ1) is 10.5. The van der Waals surface area contributed by atoms with Gasteiger partial charge in [0.05, 0.1) is 12.1 Å². The Labute approximate surface area is 129 Å². The lowest BCUT2D eigenvalue weighted by Gasteiger charge is -2.12. The van der Waals surface area contributed by atoms with E-state index in [2.05, 4.69) is 29.4 Å². The first kappa shape index (κ1) is 14.3. The van der Waals surface area contributed by atoms with E-state index in [1.54, 1.807) is 0 Å². The molecule has 0 atom stereocenters. The van der Waals surface area contributed by atoms with Crippen LogP contribution in [0.5, 0.6) is 0 Å². The van der Waals surface area contributed by atoms with Crippen LogP contribution in [0.3, 0.4) is 0 Å². The number of hydrogen-bond donors (Lipinski definition) is 1. The number of nitrogens with one attached hydrogen (secondary N) is 1. The maximum atomic E-state index is 12.3. The largest absolute Gasteiger partial charge is 0.325 e. The number of hydrogen-bond acceptors (Lipinski definition) is 2. The summed E-state index contributed by atoms with van der Waals surface area (Å²) in [5.74, 6) is -0.0431. The fraction of sp³-hybridized carbons (Fsp3) is 0.222. The van der Waals surface area contributed by atoms with Crippen LogP contribution >= 0.6 is 0 Å². The number of carbonyl (C=O) groups excluding carboxylic acids is 1. The molecule has 3 rings (SSSR count). The van der Waals surface area contributed by atoms with Gasteiger partial charge in [0.1, 0.15) is 5.65 Å². The van der Waals surface area contributed by atoms with Gasteiger partial charge in [-0.3, -0.25) is 4.79 Å². The zero-order valence-electron chi connectivity index (χ0n) is 13.1. The van der Waals surface area contributed by atoms with Crippen LogP contribution in [0.4, 0.5) is 5.69 Å². The summed E-state index contributed by atoms with van der Waals surface area (Å²) < 4.78 is 1.92. The first-order valence-electron chi connectivity index (χ1n) is 7.33. The molecule has 4 heteroatoms. The molecule has 2 heterocycles. The molecule has 1 amide bonds. The van der Waals surface area contributed by atoms with Crippen LogP contribution in [0.15, 0.2) is 42.7 Å². The molecule has 4 nitrogen and oxygen atoms in total. The highest BCUT2D eigenvalue weighted by atomic mass is 16.1. The van der Waals surface area contributed by atoms with Crippen molar-refractivity contribution in [2.45, 2.75) is 27.2 Å². The smallest absolute Gasteiger partial charge is 0.230 e. The van der Waals surface area contributed by atoms with E-state index in [9.17, 15) is 4.79 Å². The molecule has 0 aliphatic carbocycles. The van der Waals surface area contributed by atoms with Crippen molar-refractivity contribution in [1.82, 2.24) is 9.38 Å². The number of aryl methyl sites for hydroxylation is 3. The lowest BCUT2D eigenvalue weighted by molar-refractivity contribution is -0.115. The number of nitrogens with zero attached hydrogens (tertiary/aromatic N) is 2. The van der Waals surface area contributed by atoms with Crippen LogP contribution in [-0.4, -0.2) is 15.3 Å². The molecule has 2 aromatic heterocycles. The molecule has 0 unspecified atom stereocenters. The van der Waals surface area contributed by atoms with Crippen molar-refractivity contribution in [3.63, 3.8) is 0 Å². The van der Waals surface area contributed by atoms with Crippen molar-refractivity contribution in [1.29, 1.82) is 0 Å². The minimum atomic E-state index is -0.0431. The van der Waals surface area contributed by atoms with Gasteiger partial charge in [-0.05, 0) is 44.0 Å². The van der Waals surface area contributed by atoms with E-state index in [1.807, 2.05) is 48.8 Å². The van der Waals surface area contributed by atoms with Gasteiger partial charge in [-0.2, -0.15) is 0 Å². The summed E-state index contributed by atoms with van der Waals surface area (Å²) in [6.07, 6.45) is 4.09. The molecule has 22 heavy (non-hydrogen) atoms. The monoisotopic (exact) mass is 293 g/mol. The van der Waals surface area contributed by atoms with Gasteiger partial charge in [0.25, 0.3) is 0 Å². The Morgan fingerprint density at radius 2 is 1.91 bits per heavy atom. The average molecular weight is 293 g/mol. The van der Waals surface area contributed by atoms with Gasteiger partial charge in [-0.25, -0.2) is 4.98 Å². The number of carbonyl (C=O) groups is 1. The van der Waals surface area contributed by atoms with Crippen molar-refractivity contribution in [2.24, 2.45) is 0 Å². The lowest BCUT2D eigenvalue weighted by Crippen LogP contribution is -2.16. The second-order valence-corrected chi connectivity index (χ2v) is 5.70. The van der Waals surface area contributed by atoms with Crippen molar-refractivity contribution in [2.75, 3.05) is 5.32 Å². The Bertz CT molecular complexity index is 792. The number of pyridine rings is 1. The summed E-state index contributed by atoms with van der Waals surface area (Å²) in [4.78, 5) is 16.7. The first-order valence-corrected chi connectivity index (χ1v) is 7.33. The molecule has 0 radical (unpaired) electrons. The maximum Gasteiger partial charge on any atom is 0.230 e. The van der Waals surface area contributed by atoms with E-state index in [0.717, 1.165) is 28.2 Å². The molecule has 0 spiro atoms. The van der Waals surface area contributed by atoms with Crippen molar-refractivity contribution < 1.29 is 4.79 Å². The van der Waals surface area contributed by atoms with E-state index < -0.39 is 0 Å². The molecule has 0 aliphatic heterocycles. The molecule has 0 saturated heterocycles. The number of anilines is 1. The number of aromatic nitrogens is 2. The Morgan fingerprint density at radius 1 is 1.18 bits per heavy atom. The molecule has 1 aromatic carbocycles. The highest BCUT2D eigenvalue weighted by Crippen LogP contribution is 2.22. The quantitative estimate of drug-likeness (QED) is 0.804. The van der Waals surface area contributed by atoms with Crippen LogP contribution in [0, 0.1) is 20.8 Å². The molecular formula is C18H19N3O. The third kappa shape index (κ3) is 2.86. The molecule has 0 fully saturated rings. The highest BCUT2D eigenvalue weighted by molar-refractivity contribution is 5.93. The lowest BCUT2D eigenvalue weighted by atomic mass is 10.0. The van der Waals surface area contributed by atoms with Crippen molar-refractivity contribution in [3.05, 3.63) is 65.1 Å². The van der Waals surface area contributed by atoms with Crippen LogP contribution in [0.2, 0.25) is 0 Å². The zero-order chi connectivity index (χ0) is 15.7. The third-order valence-electron chi connectivity index (χ3n) is 3.70. The van der Waals surface area contributed by atoms with Gasteiger partial charge >= 0.3 is 0 Å². The molecule has 0 bridgehead atoms. The number of imidazole rings is 1. The number of benzene rings is 1. The molecule has 3 aromatic rings. The Morgan fingerprint density at radius 3 is 2.59 bits per heavy atom. The number of rotatable bonds is 3. The second kappa shape index (κ2) is 5.64. The van der Waals surface area contributed by atoms with Gasteiger partial charge in [0.15, 0.2) is 0 Å². The standard InChI is InChI=1S/C18H19N3O/c1-12-8-13(2)18(14(3)9-12)20-17(22)10-15-11-21-7-5-4-6-16(21)19-15/h4-9,11H,10H2,1-3H3,(H,20,22). The predicted octanol–water partition coefficient (Wildman–Crippen LogP) is 3.44. The number of fused-ring (bicyclic) bond motifs is 1. The van der Waals surface area contributed by atoms with Gasteiger partial charge in [-0.15, -0.1) is 0 Å². The van der Waals surface area contributed by atoms with E-state index in [0.29, 0.717) is 0 Å². The minimum absolute atomic E-state index is 0.0431. The molecule has 1 N–H and O–H groups in total. The molecule has 0 saturated carbocycles. The Balaban J connectivity index is 1.78. The van der Waals surface area contributed by atoms with Crippen LogP contribution in [0.1, 0.15) is 22.4 Å². The molecular weight excluding hydrogens is 274 g/mol. The van der Waals surface area contributed by atoms with Crippen LogP contribution in [-0.2, 0) is 11.2 Å². The minimum Gasteiger partial charge on any atom is -0.325 e. The normalized spacial score (nSPS) is 10.9. The summed E-state index contributed by atoms with van der Waals surface area (Å²) in [6.45, 7) is 6.09. The van der Waals surface area contributed by atoms with Gasteiger partial charge in [0, 0.05) is 18.1 Å². The summed E-state index contributed by atoms with van der Waals surface area (Å²) in [6, 6.07) is 9.96. The van der Waals surface area contributed by atoms with E-state index in [-0.39, 0.29) is 12.3 Å². The molecule has 112 valence electrons.